The minimum Gasteiger partial charge on any atom is -0.342 e. The van der Waals surface area contributed by atoms with Crippen molar-refractivity contribution in [3.63, 3.8) is 0 Å². The van der Waals surface area contributed by atoms with Crippen LogP contribution >= 0.6 is 0 Å². The molecule has 0 aromatic carbocycles. The van der Waals surface area contributed by atoms with Crippen LogP contribution in [0.25, 0.3) is 0 Å². The van der Waals surface area contributed by atoms with E-state index in [0.717, 1.165) is 4.90 Å². The minimum absolute atomic E-state index is 0.0732. The Kier molecular flexibility index (Phi) is 3.06. The summed E-state index contributed by atoms with van der Waals surface area (Å²) >= 11 is 0. The summed E-state index contributed by atoms with van der Waals surface area (Å²) in [5.41, 5.74) is -3.29. The molecule has 1 saturated heterocycles. The summed E-state index contributed by atoms with van der Waals surface area (Å²) in [5, 5.41) is 2.54. The highest BCUT2D eigenvalue weighted by Gasteiger charge is 2.69. The Morgan fingerprint density at radius 3 is 2.32 bits per heavy atom. The van der Waals surface area contributed by atoms with E-state index in [1.54, 1.807) is 6.92 Å². The fourth-order valence-corrected chi connectivity index (χ4v) is 2.51. The quantitative estimate of drug-likeness (QED) is 0.834. The molecule has 1 unspecified atom stereocenters. The van der Waals surface area contributed by atoms with Crippen LogP contribution in [0.2, 0.25) is 0 Å². The summed E-state index contributed by atoms with van der Waals surface area (Å²) in [6.45, 7) is 2.99. The fraction of sp³-hybridized carbons (Fsp3) is 0.833. The maximum Gasteiger partial charge on any atom is 0.411 e. The fourth-order valence-electron chi connectivity index (χ4n) is 2.51. The zero-order chi connectivity index (χ0) is 14.5. The molecule has 0 radical (unpaired) electrons. The summed E-state index contributed by atoms with van der Waals surface area (Å²) in [4.78, 5) is 24.8. The van der Waals surface area contributed by atoms with Crippen molar-refractivity contribution >= 4 is 11.8 Å². The Hall–Kier alpha value is -1.27. The van der Waals surface area contributed by atoms with E-state index < -0.39 is 23.2 Å². The van der Waals surface area contributed by atoms with Gasteiger partial charge in [-0.25, -0.2) is 0 Å². The molecule has 2 fully saturated rings. The molecule has 2 rings (SSSR count). The molecule has 19 heavy (non-hydrogen) atoms. The van der Waals surface area contributed by atoms with Crippen LogP contribution in [0.15, 0.2) is 0 Å². The lowest BCUT2D eigenvalue weighted by atomic mass is 9.96. The molecular weight excluding hydrogens is 261 g/mol. The number of nitrogens with zero attached hydrogens (tertiary/aromatic N) is 1. The van der Waals surface area contributed by atoms with Gasteiger partial charge in [-0.3, -0.25) is 9.59 Å². The van der Waals surface area contributed by atoms with E-state index in [9.17, 15) is 22.8 Å². The van der Waals surface area contributed by atoms with Gasteiger partial charge in [0.25, 0.3) is 0 Å². The van der Waals surface area contributed by atoms with Crippen molar-refractivity contribution in [1.29, 1.82) is 0 Å². The van der Waals surface area contributed by atoms with Crippen LogP contribution in [0, 0.1) is 0 Å². The van der Waals surface area contributed by atoms with Gasteiger partial charge in [0.2, 0.25) is 11.8 Å². The van der Waals surface area contributed by atoms with Gasteiger partial charge in [-0.05, 0) is 26.2 Å². The van der Waals surface area contributed by atoms with E-state index in [2.05, 4.69) is 5.32 Å². The smallest absolute Gasteiger partial charge is 0.342 e. The number of hydrogen-bond donors (Lipinski definition) is 1. The number of alkyl halides is 3. The predicted molar refractivity (Wildman–Crippen MR) is 61.2 cm³/mol. The number of hydrogen-bond acceptors (Lipinski definition) is 2. The number of carbonyl (C=O) groups excluding carboxylic acids is 2. The van der Waals surface area contributed by atoms with Crippen molar-refractivity contribution in [1.82, 2.24) is 10.2 Å². The molecule has 0 aromatic heterocycles. The van der Waals surface area contributed by atoms with E-state index in [1.807, 2.05) is 0 Å². The first-order valence-electron chi connectivity index (χ1n) is 6.36. The molecule has 4 nitrogen and oxygen atoms in total. The van der Waals surface area contributed by atoms with E-state index in [0.29, 0.717) is 0 Å². The molecular formula is C12H17F3N2O2. The molecule has 0 spiro atoms. The van der Waals surface area contributed by atoms with Gasteiger partial charge in [-0.15, -0.1) is 0 Å². The Bertz CT molecular complexity index is 418. The van der Waals surface area contributed by atoms with Crippen molar-refractivity contribution in [2.24, 2.45) is 0 Å². The first-order chi connectivity index (χ1) is 8.66. The van der Waals surface area contributed by atoms with Crippen LogP contribution in [0.4, 0.5) is 13.2 Å². The summed E-state index contributed by atoms with van der Waals surface area (Å²) in [7, 11) is 0. The van der Waals surface area contributed by atoms with Crippen LogP contribution in [0.5, 0.6) is 0 Å². The highest BCUT2D eigenvalue weighted by atomic mass is 19.4. The van der Waals surface area contributed by atoms with E-state index >= 15 is 0 Å². The second-order valence-corrected chi connectivity index (χ2v) is 5.47. The van der Waals surface area contributed by atoms with E-state index in [1.165, 1.54) is 6.92 Å². The van der Waals surface area contributed by atoms with Gasteiger partial charge in [0.1, 0.15) is 11.1 Å². The van der Waals surface area contributed by atoms with Gasteiger partial charge >= 0.3 is 6.18 Å². The topological polar surface area (TPSA) is 49.4 Å². The Morgan fingerprint density at radius 1 is 1.32 bits per heavy atom. The predicted octanol–water partition coefficient (Wildman–Crippen LogP) is 1.60. The zero-order valence-electron chi connectivity index (χ0n) is 10.9. The molecule has 108 valence electrons. The molecule has 1 heterocycles. The standard InChI is InChI=1S/C12H17F3N2O2/c1-3-10(2)9(19)17(7-4-8(18)16-10)11(5-6-11)12(13,14)15/h3-7H2,1-2H3,(H,16,18). The van der Waals surface area contributed by atoms with Crippen molar-refractivity contribution in [2.45, 2.75) is 56.8 Å². The van der Waals surface area contributed by atoms with Gasteiger partial charge in [-0.2, -0.15) is 13.2 Å². The second-order valence-electron chi connectivity index (χ2n) is 5.47. The third kappa shape index (κ3) is 2.08. The summed E-state index contributed by atoms with van der Waals surface area (Å²) in [5.74, 6) is -1.01. The van der Waals surface area contributed by atoms with Gasteiger partial charge in [-0.1, -0.05) is 6.92 Å². The van der Waals surface area contributed by atoms with Crippen molar-refractivity contribution in [3.8, 4) is 0 Å². The van der Waals surface area contributed by atoms with Gasteiger partial charge < -0.3 is 10.2 Å². The average molecular weight is 278 g/mol. The maximum atomic E-state index is 13.1. The Labute approximate surface area is 109 Å². The lowest BCUT2D eigenvalue weighted by Crippen LogP contribution is -2.60. The normalized spacial score (nSPS) is 30.9. The molecule has 1 atom stereocenters. The molecule has 2 amide bonds. The number of halogens is 3. The third-order valence-electron chi connectivity index (χ3n) is 4.17. The molecule has 1 saturated carbocycles. The van der Waals surface area contributed by atoms with E-state index in [-0.39, 0.29) is 38.1 Å². The molecule has 1 N–H and O–H groups in total. The molecule has 7 heteroatoms. The molecule has 1 aliphatic heterocycles. The Morgan fingerprint density at radius 2 is 1.89 bits per heavy atom. The summed E-state index contributed by atoms with van der Waals surface area (Å²) in [6.07, 6.45) is -4.40. The lowest BCUT2D eigenvalue weighted by Gasteiger charge is -2.37. The average Bonchev–Trinajstić information content (AvgIpc) is 3.08. The molecule has 0 bridgehead atoms. The number of rotatable bonds is 2. The largest absolute Gasteiger partial charge is 0.411 e. The first kappa shape index (κ1) is 14.1. The van der Waals surface area contributed by atoms with Gasteiger partial charge in [0.05, 0.1) is 0 Å². The minimum atomic E-state index is -4.44. The molecule has 2 aliphatic rings. The Balaban J connectivity index is 2.36. The number of nitrogens with one attached hydrogen (secondary N) is 1. The summed E-state index contributed by atoms with van der Waals surface area (Å²) in [6, 6.07) is 0. The highest BCUT2D eigenvalue weighted by Crippen LogP contribution is 2.54. The zero-order valence-corrected chi connectivity index (χ0v) is 10.9. The van der Waals surface area contributed by atoms with Crippen LogP contribution in [-0.2, 0) is 9.59 Å². The van der Waals surface area contributed by atoms with Gasteiger partial charge in [0, 0.05) is 13.0 Å². The highest BCUT2D eigenvalue weighted by molar-refractivity contribution is 5.93. The van der Waals surface area contributed by atoms with Gasteiger partial charge in [0.15, 0.2) is 0 Å². The third-order valence-corrected chi connectivity index (χ3v) is 4.17. The van der Waals surface area contributed by atoms with Crippen molar-refractivity contribution in [3.05, 3.63) is 0 Å². The van der Waals surface area contributed by atoms with Crippen molar-refractivity contribution < 1.29 is 22.8 Å². The number of carbonyl (C=O) groups is 2. The van der Waals surface area contributed by atoms with Crippen LogP contribution in [-0.4, -0.2) is 40.5 Å². The van der Waals surface area contributed by atoms with Crippen LogP contribution in [0.3, 0.4) is 0 Å². The first-order valence-corrected chi connectivity index (χ1v) is 6.36. The number of amides is 2. The van der Waals surface area contributed by atoms with Crippen LogP contribution in [0.1, 0.15) is 39.5 Å². The SMILES string of the molecule is CCC1(C)NC(=O)CCN(C2(C(F)(F)F)CC2)C1=O. The van der Waals surface area contributed by atoms with Crippen LogP contribution < -0.4 is 5.32 Å². The molecule has 1 aliphatic carbocycles. The monoisotopic (exact) mass is 278 g/mol. The summed E-state index contributed by atoms with van der Waals surface area (Å²) < 4.78 is 39.4. The lowest BCUT2D eigenvalue weighted by molar-refractivity contribution is -0.201. The maximum absolute atomic E-state index is 13.1. The van der Waals surface area contributed by atoms with E-state index in [4.69, 9.17) is 0 Å². The molecule has 0 aromatic rings. The second kappa shape index (κ2) is 4.11. The van der Waals surface area contributed by atoms with Crippen molar-refractivity contribution in [2.75, 3.05) is 6.54 Å².